The van der Waals surface area contributed by atoms with Gasteiger partial charge in [0, 0.05) is 29.8 Å². The molecule has 2 aliphatic rings. The van der Waals surface area contributed by atoms with Gasteiger partial charge in [-0.25, -0.2) is 9.18 Å². The largest absolute Gasteiger partial charge is 0.335 e. The van der Waals surface area contributed by atoms with E-state index in [0.29, 0.717) is 22.5 Å². The average molecular weight is 458 g/mol. The number of carbonyl (C=O) groups is 1. The second kappa shape index (κ2) is 11.2. The zero-order chi connectivity index (χ0) is 22.3. The van der Waals surface area contributed by atoms with E-state index in [9.17, 15) is 9.18 Å². The molecule has 1 heterocycles. The van der Waals surface area contributed by atoms with E-state index in [0.717, 1.165) is 45.3 Å². The van der Waals surface area contributed by atoms with Crippen molar-refractivity contribution in [1.29, 1.82) is 0 Å². The molecule has 1 saturated heterocycles. The Morgan fingerprint density at radius 1 is 1.06 bits per heavy atom. The van der Waals surface area contributed by atoms with Crippen molar-refractivity contribution in [3.05, 3.63) is 64.9 Å². The lowest BCUT2D eigenvalue weighted by atomic mass is 9.83. The number of likely N-dealkylation sites (tertiary alicyclic amines) is 1. The number of urea groups is 1. The van der Waals surface area contributed by atoms with Crippen molar-refractivity contribution >= 4 is 23.3 Å². The first-order valence-corrected chi connectivity index (χ1v) is 12.2. The van der Waals surface area contributed by atoms with Gasteiger partial charge in [-0.2, -0.15) is 0 Å². The van der Waals surface area contributed by atoms with Crippen molar-refractivity contribution in [2.75, 3.05) is 25.0 Å². The fraction of sp³-hybridized carbons (Fsp3) is 0.500. The summed E-state index contributed by atoms with van der Waals surface area (Å²) in [6.07, 6.45) is 8.00. The number of nitrogens with one attached hydrogen (secondary N) is 2. The molecular weight excluding hydrogens is 425 g/mol. The molecule has 2 aromatic carbocycles. The van der Waals surface area contributed by atoms with Crippen molar-refractivity contribution in [2.45, 2.75) is 51.0 Å². The number of hydrogen-bond donors (Lipinski definition) is 2. The van der Waals surface area contributed by atoms with Crippen LogP contribution in [0.3, 0.4) is 0 Å². The van der Waals surface area contributed by atoms with Gasteiger partial charge in [-0.1, -0.05) is 42.6 Å². The second-order valence-electron chi connectivity index (χ2n) is 9.36. The highest BCUT2D eigenvalue weighted by Crippen LogP contribution is 2.28. The molecule has 0 unspecified atom stereocenters. The normalized spacial score (nSPS) is 24.1. The predicted molar refractivity (Wildman–Crippen MR) is 129 cm³/mol. The van der Waals surface area contributed by atoms with Gasteiger partial charge in [0.2, 0.25) is 0 Å². The molecule has 2 amide bonds. The molecule has 0 radical (unpaired) electrons. The summed E-state index contributed by atoms with van der Waals surface area (Å²) in [5.74, 6) is 0.906. The van der Waals surface area contributed by atoms with Crippen LogP contribution in [0.25, 0.3) is 0 Å². The minimum absolute atomic E-state index is 0.156. The van der Waals surface area contributed by atoms with Gasteiger partial charge in [0.1, 0.15) is 5.82 Å². The Morgan fingerprint density at radius 3 is 2.69 bits per heavy atom. The van der Waals surface area contributed by atoms with E-state index in [1.165, 1.54) is 24.8 Å². The summed E-state index contributed by atoms with van der Waals surface area (Å²) >= 11 is 6.03. The number of nitrogens with zero attached hydrogens (tertiary/aromatic N) is 1. The van der Waals surface area contributed by atoms with Crippen LogP contribution >= 0.6 is 11.6 Å². The molecule has 3 atom stereocenters. The van der Waals surface area contributed by atoms with E-state index < -0.39 is 0 Å². The molecule has 32 heavy (non-hydrogen) atoms. The highest BCUT2D eigenvalue weighted by atomic mass is 35.5. The first kappa shape index (κ1) is 23.1. The topological polar surface area (TPSA) is 44.4 Å². The molecule has 0 aromatic heterocycles. The lowest BCUT2D eigenvalue weighted by molar-refractivity contribution is 0.123. The SMILES string of the molecule is O=C(Nc1cccc(Cl)c1)N[C@@H]1CCCC[C@H]1CN1CCC[C@@H](Cc2ccc(F)cc2)C1. The molecule has 1 aliphatic carbocycles. The van der Waals surface area contributed by atoms with E-state index in [-0.39, 0.29) is 17.9 Å². The van der Waals surface area contributed by atoms with Crippen molar-refractivity contribution in [3.8, 4) is 0 Å². The van der Waals surface area contributed by atoms with Crippen molar-refractivity contribution in [1.82, 2.24) is 10.2 Å². The number of rotatable bonds is 6. The van der Waals surface area contributed by atoms with E-state index >= 15 is 0 Å². The molecule has 2 aromatic rings. The van der Waals surface area contributed by atoms with Gasteiger partial charge in [-0.3, -0.25) is 0 Å². The minimum Gasteiger partial charge on any atom is -0.335 e. The first-order chi connectivity index (χ1) is 15.5. The van der Waals surface area contributed by atoms with Gasteiger partial charge in [0.05, 0.1) is 0 Å². The summed E-state index contributed by atoms with van der Waals surface area (Å²) in [7, 11) is 0. The number of anilines is 1. The zero-order valence-electron chi connectivity index (χ0n) is 18.5. The third kappa shape index (κ3) is 6.69. The van der Waals surface area contributed by atoms with Crippen LogP contribution in [0.1, 0.15) is 44.1 Å². The van der Waals surface area contributed by atoms with Crippen LogP contribution < -0.4 is 10.6 Å². The van der Waals surface area contributed by atoms with Crippen LogP contribution in [0.5, 0.6) is 0 Å². The highest BCUT2D eigenvalue weighted by Gasteiger charge is 2.30. The van der Waals surface area contributed by atoms with E-state index in [1.807, 2.05) is 24.3 Å². The van der Waals surface area contributed by atoms with Crippen LogP contribution in [0.15, 0.2) is 48.5 Å². The maximum Gasteiger partial charge on any atom is 0.319 e. The van der Waals surface area contributed by atoms with E-state index in [4.69, 9.17) is 11.6 Å². The zero-order valence-corrected chi connectivity index (χ0v) is 19.3. The van der Waals surface area contributed by atoms with Crippen molar-refractivity contribution in [2.24, 2.45) is 11.8 Å². The van der Waals surface area contributed by atoms with Crippen molar-refractivity contribution in [3.63, 3.8) is 0 Å². The molecule has 4 nitrogen and oxygen atoms in total. The fourth-order valence-electron chi connectivity index (χ4n) is 5.29. The monoisotopic (exact) mass is 457 g/mol. The number of benzene rings is 2. The Morgan fingerprint density at radius 2 is 1.88 bits per heavy atom. The maximum absolute atomic E-state index is 13.2. The second-order valence-corrected chi connectivity index (χ2v) is 9.79. The Labute approximate surface area is 195 Å². The molecule has 2 fully saturated rings. The summed E-state index contributed by atoms with van der Waals surface area (Å²) in [6, 6.07) is 14.2. The summed E-state index contributed by atoms with van der Waals surface area (Å²) < 4.78 is 13.2. The number of hydrogen-bond acceptors (Lipinski definition) is 2. The minimum atomic E-state index is -0.172. The van der Waals surface area contributed by atoms with Crippen LogP contribution in [0.2, 0.25) is 5.02 Å². The lowest BCUT2D eigenvalue weighted by Crippen LogP contribution is -2.49. The van der Waals surface area contributed by atoms with Gasteiger partial charge in [-0.15, -0.1) is 0 Å². The van der Waals surface area contributed by atoms with Gasteiger partial charge >= 0.3 is 6.03 Å². The van der Waals surface area contributed by atoms with Crippen LogP contribution in [-0.2, 0) is 6.42 Å². The number of halogens is 2. The summed E-state index contributed by atoms with van der Waals surface area (Å²) in [6.45, 7) is 3.23. The molecule has 172 valence electrons. The molecule has 0 bridgehead atoms. The fourth-order valence-corrected chi connectivity index (χ4v) is 5.48. The average Bonchev–Trinajstić information content (AvgIpc) is 2.77. The molecular formula is C26H33ClFN3O. The van der Waals surface area contributed by atoms with E-state index in [1.54, 1.807) is 24.3 Å². The number of piperidine rings is 1. The Hall–Kier alpha value is -2.11. The van der Waals surface area contributed by atoms with Crippen molar-refractivity contribution < 1.29 is 9.18 Å². The van der Waals surface area contributed by atoms with Gasteiger partial charge in [-0.05, 0) is 86.4 Å². The van der Waals surface area contributed by atoms with Crippen LogP contribution in [-0.4, -0.2) is 36.6 Å². The van der Waals surface area contributed by atoms with Crippen LogP contribution in [0.4, 0.5) is 14.9 Å². The standard InChI is InChI=1S/C26H33ClFN3O/c27-22-7-3-8-24(16-22)29-26(32)30-25-9-2-1-6-21(25)18-31-14-4-5-20(17-31)15-19-10-12-23(28)13-11-19/h3,7-8,10-13,16,20-21,25H,1-2,4-6,9,14-15,17-18H2,(H2,29,30,32)/t20-,21-,25+/m0/s1. The van der Waals surface area contributed by atoms with E-state index in [2.05, 4.69) is 15.5 Å². The van der Waals surface area contributed by atoms with Crippen LogP contribution in [0, 0.1) is 17.7 Å². The summed E-state index contributed by atoms with van der Waals surface area (Å²) in [4.78, 5) is 15.2. The third-order valence-electron chi connectivity index (χ3n) is 6.84. The predicted octanol–water partition coefficient (Wildman–Crippen LogP) is 6.11. The van der Waals surface area contributed by atoms with Gasteiger partial charge < -0.3 is 15.5 Å². The highest BCUT2D eigenvalue weighted by molar-refractivity contribution is 6.30. The Balaban J connectivity index is 1.30. The molecule has 1 aliphatic heterocycles. The molecule has 6 heteroatoms. The van der Waals surface area contributed by atoms with Gasteiger partial charge in [0.25, 0.3) is 0 Å². The third-order valence-corrected chi connectivity index (χ3v) is 7.08. The number of amides is 2. The molecule has 1 saturated carbocycles. The summed E-state index contributed by atoms with van der Waals surface area (Å²) in [5, 5.41) is 6.76. The quantitative estimate of drug-likeness (QED) is 0.549. The molecule has 4 rings (SSSR count). The number of carbonyl (C=O) groups excluding carboxylic acids is 1. The first-order valence-electron chi connectivity index (χ1n) is 11.8. The maximum atomic E-state index is 13.2. The Bertz CT molecular complexity index is 891. The Kier molecular flexibility index (Phi) is 8.04. The smallest absolute Gasteiger partial charge is 0.319 e. The molecule has 0 spiro atoms. The molecule has 2 N–H and O–H groups in total. The summed E-state index contributed by atoms with van der Waals surface area (Å²) in [5.41, 5.74) is 1.93. The van der Waals surface area contributed by atoms with Gasteiger partial charge in [0.15, 0.2) is 0 Å². The lowest BCUT2D eigenvalue weighted by Gasteiger charge is -2.39.